The van der Waals surface area contributed by atoms with Gasteiger partial charge in [0.25, 0.3) is 0 Å². The summed E-state index contributed by atoms with van der Waals surface area (Å²) in [6.45, 7) is 5.86. The molecule has 0 aromatic heterocycles. The maximum absolute atomic E-state index is 11.0. The number of carboxylic acid groups (broad SMARTS) is 1. The highest BCUT2D eigenvalue weighted by Crippen LogP contribution is 2.30. The van der Waals surface area contributed by atoms with E-state index in [4.69, 9.17) is 5.11 Å². The molecule has 0 bridgehead atoms. The van der Waals surface area contributed by atoms with Gasteiger partial charge >= 0.3 is 5.97 Å². The van der Waals surface area contributed by atoms with Crippen LogP contribution in [0, 0.1) is 11.3 Å². The number of likely N-dealkylation sites (tertiary alicyclic amines) is 1. The number of aliphatic carboxylic acids is 1. The minimum absolute atomic E-state index is 0.555. The highest BCUT2D eigenvalue weighted by molar-refractivity contribution is 5.73. The highest BCUT2D eigenvalue weighted by Gasteiger charge is 2.31. The Morgan fingerprint density at radius 3 is 2.71 bits per heavy atom. The first-order valence-electron chi connectivity index (χ1n) is 5.34. The third-order valence-corrected chi connectivity index (χ3v) is 3.10. The predicted molar refractivity (Wildman–Crippen MR) is 56.3 cm³/mol. The second-order valence-electron chi connectivity index (χ2n) is 5.16. The molecule has 0 radical (unpaired) electrons. The summed E-state index contributed by atoms with van der Waals surface area (Å²) in [4.78, 5) is 13.3. The Kier molecular flexibility index (Phi) is 3.53. The number of piperidine rings is 1. The third kappa shape index (κ3) is 2.98. The summed E-state index contributed by atoms with van der Waals surface area (Å²) in [5.74, 6) is -0.120. The van der Waals surface area contributed by atoms with E-state index in [1.54, 1.807) is 0 Å². The van der Waals surface area contributed by atoms with Crippen LogP contribution in [0.1, 0.15) is 33.1 Å². The van der Waals surface area contributed by atoms with Gasteiger partial charge in [-0.05, 0) is 52.6 Å². The standard InChI is InChI=1S/C11H21NO2/c1-11(2,10(13)14)7-9-5-4-6-12(3)8-9/h9H,4-8H2,1-3H3,(H,13,14). The summed E-state index contributed by atoms with van der Waals surface area (Å²) < 4.78 is 0. The van der Waals surface area contributed by atoms with Crippen LogP contribution in [-0.4, -0.2) is 36.1 Å². The fraction of sp³-hybridized carbons (Fsp3) is 0.909. The van der Waals surface area contributed by atoms with Crippen LogP contribution < -0.4 is 0 Å². The van der Waals surface area contributed by atoms with Crippen molar-refractivity contribution in [3.63, 3.8) is 0 Å². The molecule has 14 heavy (non-hydrogen) atoms. The SMILES string of the molecule is CN1CCCC(CC(C)(C)C(=O)O)C1. The van der Waals surface area contributed by atoms with E-state index in [-0.39, 0.29) is 0 Å². The van der Waals surface area contributed by atoms with Crippen LogP contribution in [-0.2, 0) is 4.79 Å². The molecule has 82 valence electrons. The molecule has 0 amide bonds. The van der Waals surface area contributed by atoms with Gasteiger partial charge in [0, 0.05) is 6.54 Å². The maximum atomic E-state index is 11.0. The van der Waals surface area contributed by atoms with Crippen molar-refractivity contribution in [1.29, 1.82) is 0 Å². The Balaban J connectivity index is 2.47. The van der Waals surface area contributed by atoms with Crippen molar-refractivity contribution in [3.05, 3.63) is 0 Å². The van der Waals surface area contributed by atoms with Gasteiger partial charge in [-0.3, -0.25) is 4.79 Å². The molecule has 1 N–H and O–H groups in total. The molecule has 1 fully saturated rings. The average molecular weight is 199 g/mol. The van der Waals surface area contributed by atoms with Crippen molar-refractivity contribution in [1.82, 2.24) is 4.90 Å². The lowest BCUT2D eigenvalue weighted by Gasteiger charge is -2.33. The number of nitrogens with zero attached hydrogens (tertiary/aromatic N) is 1. The average Bonchev–Trinajstić information content (AvgIpc) is 2.02. The van der Waals surface area contributed by atoms with E-state index < -0.39 is 11.4 Å². The van der Waals surface area contributed by atoms with E-state index in [0.717, 1.165) is 19.5 Å². The van der Waals surface area contributed by atoms with E-state index >= 15 is 0 Å². The Hall–Kier alpha value is -0.570. The molecule has 1 atom stereocenters. The predicted octanol–water partition coefficient (Wildman–Crippen LogP) is 1.83. The third-order valence-electron chi connectivity index (χ3n) is 3.10. The van der Waals surface area contributed by atoms with Gasteiger partial charge in [0.05, 0.1) is 5.41 Å². The first-order chi connectivity index (χ1) is 6.42. The van der Waals surface area contributed by atoms with Crippen LogP contribution >= 0.6 is 0 Å². The van der Waals surface area contributed by atoms with Crippen LogP contribution in [0.3, 0.4) is 0 Å². The van der Waals surface area contributed by atoms with Crippen molar-refractivity contribution < 1.29 is 9.90 Å². The topological polar surface area (TPSA) is 40.5 Å². The number of rotatable bonds is 3. The molecule has 0 saturated carbocycles. The summed E-state index contributed by atoms with van der Waals surface area (Å²) in [5, 5.41) is 9.02. The largest absolute Gasteiger partial charge is 0.481 e. The van der Waals surface area contributed by atoms with Gasteiger partial charge in [-0.2, -0.15) is 0 Å². The number of hydrogen-bond acceptors (Lipinski definition) is 2. The molecule has 0 aromatic rings. The normalized spacial score (nSPS) is 24.9. The van der Waals surface area contributed by atoms with Gasteiger partial charge in [0.1, 0.15) is 0 Å². The minimum Gasteiger partial charge on any atom is -0.481 e. The second kappa shape index (κ2) is 4.30. The van der Waals surface area contributed by atoms with Gasteiger partial charge in [-0.25, -0.2) is 0 Å². The number of hydrogen-bond donors (Lipinski definition) is 1. The van der Waals surface area contributed by atoms with Crippen LogP contribution in [0.5, 0.6) is 0 Å². The Bertz CT molecular complexity index is 213. The lowest BCUT2D eigenvalue weighted by molar-refractivity contribution is -0.148. The van der Waals surface area contributed by atoms with E-state index in [1.807, 2.05) is 13.8 Å². The minimum atomic E-state index is -0.675. The van der Waals surface area contributed by atoms with Crippen LogP contribution in [0.2, 0.25) is 0 Å². The lowest BCUT2D eigenvalue weighted by Crippen LogP contribution is -2.36. The van der Waals surface area contributed by atoms with Gasteiger partial charge in [0.15, 0.2) is 0 Å². The first-order valence-corrected chi connectivity index (χ1v) is 5.34. The van der Waals surface area contributed by atoms with Crippen LogP contribution in [0.4, 0.5) is 0 Å². The summed E-state index contributed by atoms with van der Waals surface area (Å²) in [5.41, 5.74) is -0.567. The smallest absolute Gasteiger partial charge is 0.309 e. The van der Waals surface area contributed by atoms with Crippen molar-refractivity contribution in [2.75, 3.05) is 20.1 Å². The highest BCUT2D eigenvalue weighted by atomic mass is 16.4. The molecule has 3 heteroatoms. The molecule has 1 aliphatic heterocycles. The van der Waals surface area contributed by atoms with Gasteiger partial charge in [0.2, 0.25) is 0 Å². The summed E-state index contributed by atoms with van der Waals surface area (Å²) in [7, 11) is 2.11. The molecular weight excluding hydrogens is 178 g/mol. The first kappa shape index (κ1) is 11.5. The summed E-state index contributed by atoms with van der Waals surface area (Å²) in [6.07, 6.45) is 3.19. The number of carbonyl (C=O) groups is 1. The van der Waals surface area contributed by atoms with Crippen molar-refractivity contribution in [2.24, 2.45) is 11.3 Å². The summed E-state index contributed by atoms with van der Waals surface area (Å²) >= 11 is 0. The molecule has 1 unspecified atom stereocenters. The van der Waals surface area contributed by atoms with Crippen molar-refractivity contribution in [2.45, 2.75) is 33.1 Å². The van der Waals surface area contributed by atoms with Crippen LogP contribution in [0.15, 0.2) is 0 Å². The Morgan fingerprint density at radius 2 is 2.21 bits per heavy atom. The molecule has 0 spiro atoms. The molecule has 1 aliphatic rings. The Labute approximate surface area is 86.1 Å². The molecule has 1 heterocycles. The quantitative estimate of drug-likeness (QED) is 0.754. The molecule has 0 aliphatic carbocycles. The van der Waals surface area contributed by atoms with Crippen molar-refractivity contribution in [3.8, 4) is 0 Å². The van der Waals surface area contributed by atoms with Gasteiger partial charge < -0.3 is 10.0 Å². The van der Waals surface area contributed by atoms with Crippen molar-refractivity contribution >= 4 is 5.97 Å². The van der Waals surface area contributed by atoms with E-state index in [2.05, 4.69) is 11.9 Å². The number of carboxylic acids is 1. The zero-order valence-electron chi connectivity index (χ0n) is 9.42. The fourth-order valence-corrected chi connectivity index (χ4v) is 2.25. The van der Waals surface area contributed by atoms with E-state index in [0.29, 0.717) is 5.92 Å². The molecular formula is C11H21NO2. The van der Waals surface area contributed by atoms with E-state index in [9.17, 15) is 4.79 Å². The van der Waals surface area contributed by atoms with Gasteiger partial charge in [-0.1, -0.05) is 0 Å². The molecule has 3 nitrogen and oxygen atoms in total. The monoisotopic (exact) mass is 199 g/mol. The zero-order valence-corrected chi connectivity index (χ0v) is 9.42. The fourth-order valence-electron chi connectivity index (χ4n) is 2.25. The summed E-state index contributed by atoms with van der Waals surface area (Å²) in [6, 6.07) is 0. The van der Waals surface area contributed by atoms with Crippen LogP contribution in [0.25, 0.3) is 0 Å². The molecule has 1 saturated heterocycles. The zero-order chi connectivity index (χ0) is 10.8. The second-order valence-corrected chi connectivity index (χ2v) is 5.16. The molecule has 0 aromatic carbocycles. The van der Waals surface area contributed by atoms with Gasteiger partial charge in [-0.15, -0.1) is 0 Å². The molecule has 1 rings (SSSR count). The lowest BCUT2D eigenvalue weighted by atomic mass is 9.80. The maximum Gasteiger partial charge on any atom is 0.309 e. The van der Waals surface area contributed by atoms with E-state index in [1.165, 1.54) is 12.8 Å². The Morgan fingerprint density at radius 1 is 1.57 bits per heavy atom.